The summed E-state index contributed by atoms with van der Waals surface area (Å²) in [5, 5.41) is 12.6. The van der Waals surface area contributed by atoms with Crippen molar-refractivity contribution >= 4 is 16.7 Å². The van der Waals surface area contributed by atoms with Gasteiger partial charge in [0.2, 0.25) is 0 Å². The number of aliphatic hydroxyl groups is 1. The molecule has 0 amide bonds. The number of aliphatic hydroxyl groups excluding tert-OH is 1. The summed E-state index contributed by atoms with van der Waals surface area (Å²) in [6.45, 7) is 2.19. The number of hydrogen-bond donors (Lipinski definition) is 1. The zero-order chi connectivity index (χ0) is 16.9. The predicted molar refractivity (Wildman–Crippen MR) is 95.7 cm³/mol. The van der Waals surface area contributed by atoms with Crippen LogP contribution in [0.25, 0.3) is 10.8 Å². The zero-order valence-corrected chi connectivity index (χ0v) is 14.1. The molecule has 0 radical (unpaired) electrons. The van der Waals surface area contributed by atoms with Gasteiger partial charge in [0.1, 0.15) is 0 Å². The van der Waals surface area contributed by atoms with E-state index < -0.39 is 6.10 Å². The number of rotatable bonds is 5. The van der Waals surface area contributed by atoms with Crippen LogP contribution in [0.3, 0.4) is 0 Å². The van der Waals surface area contributed by atoms with Crippen molar-refractivity contribution in [3.05, 3.63) is 59.7 Å². The van der Waals surface area contributed by atoms with E-state index in [0.29, 0.717) is 19.4 Å². The van der Waals surface area contributed by atoms with E-state index in [-0.39, 0.29) is 11.9 Å². The molecule has 0 aliphatic heterocycles. The lowest BCUT2D eigenvalue weighted by Gasteiger charge is -2.24. The molecule has 0 unspecified atom stereocenters. The molecule has 0 saturated carbocycles. The largest absolute Gasteiger partial charge is 0.466 e. The molecule has 3 heteroatoms. The first-order chi connectivity index (χ1) is 11.7. The molecule has 2 aromatic rings. The average Bonchev–Trinajstić information content (AvgIpc) is 2.59. The summed E-state index contributed by atoms with van der Waals surface area (Å²) in [5.41, 5.74) is 2.43. The first kappa shape index (κ1) is 16.7. The second-order valence-electron chi connectivity index (χ2n) is 6.46. The van der Waals surface area contributed by atoms with Crippen LogP contribution in [0.1, 0.15) is 31.7 Å². The molecule has 3 nitrogen and oxygen atoms in total. The van der Waals surface area contributed by atoms with Crippen LogP contribution < -0.4 is 0 Å². The van der Waals surface area contributed by atoms with Crippen LogP contribution in [0.2, 0.25) is 0 Å². The van der Waals surface area contributed by atoms with Gasteiger partial charge in [0.05, 0.1) is 18.6 Å². The third kappa shape index (κ3) is 4.04. The Labute approximate surface area is 143 Å². The maximum atomic E-state index is 11.9. The number of aryl methyl sites for hydroxylation is 1. The summed E-state index contributed by atoms with van der Waals surface area (Å²) in [7, 11) is 0. The lowest BCUT2D eigenvalue weighted by Crippen LogP contribution is -2.26. The van der Waals surface area contributed by atoms with E-state index in [0.717, 1.165) is 18.4 Å². The minimum atomic E-state index is -0.448. The van der Waals surface area contributed by atoms with Crippen molar-refractivity contribution in [2.24, 2.45) is 5.92 Å². The number of hydrogen-bond acceptors (Lipinski definition) is 3. The monoisotopic (exact) mass is 324 g/mol. The highest BCUT2D eigenvalue weighted by Crippen LogP contribution is 2.28. The number of fused-ring (bicyclic) bond motifs is 1. The van der Waals surface area contributed by atoms with Gasteiger partial charge in [0, 0.05) is 0 Å². The van der Waals surface area contributed by atoms with Crippen molar-refractivity contribution in [3.8, 4) is 0 Å². The first-order valence-corrected chi connectivity index (χ1v) is 8.67. The second-order valence-corrected chi connectivity index (χ2v) is 6.46. The topological polar surface area (TPSA) is 46.5 Å². The van der Waals surface area contributed by atoms with Gasteiger partial charge in [-0.1, -0.05) is 54.1 Å². The Balaban J connectivity index is 1.68. The minimum absolute atomic E-state index is 0.223. The Morgan fingerprint density at radius 2 is 1.96 bits per heavy atom. The van der Waals surface area contributed by atoms with Crippen LogP contribution in [0, 0.1) is 5.92 Å². The van der Waals surface area contributed by atoms with Crippen LogP contribution >= 0.6 is 0 Å². The molecule has 0 fully saturated rings. The molecule has 1 aliphatic carbocycles. The summed E-state index contributed by atoms with van der Waals surface area (Å²) < 4.78 is 5.09. The van der Waals surface area contributed by atoms with Crippen LogP contribution in [-0.2, 0) is 16.0 Å². The third-order valence-electron chi connectivity index (χ3n) is 4.60. The molecule has 126 valence electrons. The molecule has 0 heterocycles. The fraction of sp³-hybridized carbons (Fsp3) is 0.381. The summed E-state index contributed by atoms with van der Waals surface area (Å²) in [4.78, 5) is 11.9. The lowest BCUT2D eigenvalue weighted by atomic mass is 9.86. The molecular weight excluding hydrogens is 300 g/mol. The second kappa shape index (κ2) is 7.63. The molecule has 0 spiro atoms. The standard InChI is InChI=1S/C21H24O3/c1-2-24-21(23)19-12-16(13-20(22)14-19)8-7-15-9-10-17-5-3-4-6-18(17)11-15/h3-6,9-12,19-20,22H,2,7-8,13-14H2,1H3/t19-,20+/m1/s1. The van der Waals surface area contributed by atoms with E-state index in [1.54, 1.807) is 0 Å². The average molecular weight is 324 g/mol. The van der Waals surface area contributed by atoms with Crippen LogP contribution in [0.4, 0.5) is 0 Å². The number of ether oxygens (including phenoxy) is 1. The number of benzene rings is 2. The predicted octanol–water partition coefficient (Wildman–Crippen LogP) is 4.03. The molecule has 24 heavy (non-hydrogen) atoms. The number of carbonyl (C=O) groups excluding carboxylic acids is 1. The van der Waals surface area contributed by atoms with Crippen molar-refractivity contribution in [2.45, 2.75) is 38.7 Å². The Morgan fingerprint density at radius 1 is 1.17 bits per heavy atom. The smallest absolute Gasteiger partial charge is 0.312 e. The first-order valence-electron chi connectivity index (χ1n) is 8.67. The Kier molecular flexibility index (Phi) is 5.31. The SMILES string of the molecule is CCOC(=O)[C@@H]1C=C(CCc2ccc3ccccc3c2)C[C@H](O)C1. The van der Waals surface area contributed by atoms with E-state index in [4.69, 9.17) is 4.74 Å². The van der Waals surface area contributed by atoms with Gasteiger partial charge in [-0.3, -0.25) is 4.79 Å². The van der Waals surface area contributed by atoms with Gasteiger partial charge in [-0.25, -0.2) is 0 Å². The van der Waals surface area contributed by atoms with E-state index in [9.17, 15) is 9.90 Å². The van der Waals surface area contributed by atoms with E-state index >= 15 is 0 Å². The van der Waals surface area contributed by atoms with Crippen LogP contribution in [0.15, 0.2) is 54.1 Å². The Hall–Kier alpha value is -2.13. The van der Waals surface area contributed by atoms with Gasteiger partial charge in [-0.05, 0) is 48.9 Å². The third-order valence-corrected chi connectivity index (χ3v) is 4.60. The van der Waals surface area contributed by atoms with Gasteiger partial charge in [0.25, 0.3) is 0 Å². The number of carbonyl (C=O) groups is 1. The van der Waals surface area contributed by atoms with Gasteiger partial charge in [-0.15, -0.1) is 0 Å². The highest BCUT2D eigenvalue weighted by Gasteiger charge is 2.26. The quantitative estimate of drug-likeness (QED) is 0.667. The van der Waals surface area contributed by atoms with Gasteiger partial charge in [-0.2, -0.15) is 0 Å². The van der Waals surface area contributed by atoms with Crippen molar-refractivity contribution in [1.82, 2.24) is 0 Å². The van der Waals surface area contributed by atoms with Crippen molar-refractivity contribution in [3.63, 3.8) is 0 Å². The summed E-state index contributed by atoms with van der Waals surface area (Å²) >= 11 is 0. The minimum Gasteiger partial charge on any atom is -0.466 e. The van der Waals surface area contributed by atoms with Crippen LogP contribution in [0.5, 0.6) is 0 Å². The maximum Gasteiger partial charge on any atom is 0.312 e. The Bertz CT molecular complexity index is 748. The van der Waals surface area contributed by atoms with Crippen molar-refractivity contribution < 1.29 is 14.6 Å². The Morgan fingerprint density at radius 3 is 2.75 bits per heavy atom. The molecule has 3 rings (SSSR count). The molecule has 2 aromatic carbocycles. The highest BCUT2D eigenvalue weighted by atomic mass is 16.5. The van der Waals surface area contributed by atoms with Gasteiger partial charge >= 0.3 is 5.97 Å². The normalized spacial score (nSPS) is 20.7. The zero-order valence-electron chi connectivity index (χ0n) is 14.1. The van der Waals surface area contributed by atoms with Crippen molar-refractivity contribution in [1.29, 1.82) is 0 Å². The van der Waals surface area contributed by atoms with E-state index in [1.165, 1.54) is 16.3 Å². The van der Waals surface area contributed by atoms with E-state index in [1.807, 2.05) is 19.1 Å². The molecule has 2 atom stereocenters. The van der Waals surface area contributed by atoms with Gasteiger partial charge < -0.3 is 9.84 Å². The molecule has 1 aliphatic rings. The van der Waals surface area contributed by atoms with E-state index in [2.05, 4.69) is 36.4 Å². The molecule has 0 aromatic heterocycles. The van der Waals surface area contributed by atoms with Crippen LogP contribution in [-0.4, -0.2) is 23.8 Å². The maximum absolute atomic E-state index is 11.9. The summed E-state index contributed by atoms with van der Waals surface area (Å²) in [6, 6.07) is 14.9. The van der Waals surface area contributed by atoms with Gasteiger partial charge in [0.15, 0.2) is 0 Å². The fourth-order valence-corrected chi connectivity index (χ4v) is 3.40. The molecule has 0 saturated heterocycles. The molecular formula is C21H24O3. The fourth-order valence-electron chi connectivity index (χ4n) is 3.40. The number of esters is 1. The van der Waals surface area contributed by atoms with Crippen molar-refractivity contribution in [2.75, 3.05) is 6.61 Å². The molecule has 1 N–H and O–H groups in total. The summed E-state index contributed by atoms with van der Waals surface area (Å²) in [5.74, 6) is -0.528. The highest BCUT2D eigenvalue weighted by molar-refractivity contribution is 5.83. The lowest BCUT2D eigenvalue weighted by molar-refractivity contribution is -0.147. The molecule has 0 bridgehead atoms. The summed E-state index contributed by atoms with van der Waals surface area (Å²) in [6.07, 6.45) is 4.47.